The molecule has 1 unspecified atom stereocenters. The van der Waals surface area contributed by atoms with E-state index in [1.807, 2.05) is 18.5 Å². The van der Waals surface area contributed by atoms with Crippen molar-refractivity contribution in [2.45, 2.75) is 59.6 Å². The van der Waals surface area contributed by atoms with Crippen molar-refractivity contribution in [3.05, 3.63) is 23.5 Å². The Balaban J connectivity index is 2.51. The molecule has 1 amide bonds. The molecule has 0 saturated heterocycles. The Morgan fingerprint density at radius 2 is 2.08 bits per heavy atom. The van der Waals surface area contributed by atoms with Crippen LogP contribution in [-0.4, -0.2) is 49.4 Å². The van der Waals surface area contributed by atoms with Gasteiger partial charge in [-0.25, -0.2) is 9.67 Å². The first-order valence-electron chi connectivity index (χ1n) is 8.54. The Hall–Kier alpha value is -1.95. The number of aryl methyl sites for hydroxylation is 1. The average Bonchev–Trinajstić information content (AvgIpc) is 2.93. The molecule has 2 aromatic heterocycles. The minimum absolute atomic E-state index is 0.0983. The van der Waals surface area contributed by atoms with Gasteiger partial charge in [0, 0.05) is 18.8 Å². The summed E-state index contributed by atoms with van der Waals surface area (Å²) < 4.78 is 1.88. The van der Waals surface area contributed by atoms with Crippen LogP contribution in [0.15, 0.2) is 12.3 Å². The lowest BCUT2D eigenvalue weighted by molar-refractivity contribution is 0.0315. The Morgan fingerprint density at radius 1 is 1.42 bits per heavy atom. The summed E-state index contributed by atoms with van der Waals surface area (Å²) >= 11 is 0. The first kappa shape index (κ1) is 18.4. The van der Waals surface area contributed by atoms with Crippen LogP contribution in [0.2, 0.25) is 0 Å². The second-order valence-electron chi connectivity index (χ2n) is 7.03. The van der Waals surface area contributed by atoms with Gasteiger partial charge in [0.25, 0.3) is 5.91 Å². The molecule has 132 valence electrons. The number of amides is 1. The van der Waals surface area contributed by atoms with Gasteiger partial charge in [0.05, 0.1) is 28.8 Å². The van der Waals surface area contributed by atoms with Gasteiger partial charge in [-0.15, -0.1) is 0 Å². The molecule has 2 rings (SSSR count). The van der Waals surface area contributed by atoms with Crippen LogP contribution in [0.1, 0.15) is 63.1 Å². The van der Waals surface area contributed by atoms with E-state index in [0.29, 0.717) is 12.1 Å². The van der Waals surface area contributed by atoms with Gasteiger partial charge in [0.15, 0.2) is 5.65 Å². The van der Waals surface area contributed by atoms with E-state index in [1.54, 1.807) is 31.0 Å². The number of carbonyl (C=O) groups excluding carboxylic acids is 1. The molecular formula is C18H28N4O2. The summed E-state index contributed by atoms with van der Waals surface area (Å²) in [4.78, 5) is 19.3. The smallest absolute Gasteiger partial charge is 0.254 e. The SMILES string of the molecule is CCC(C)n1ncc2c(C(=O)N(CC)CC(C)(C)O)cc(C)nc21. The van der Waals surface area contributed by atoms with Crippen molar-refractivity contribution in [3.8, 4) is 0 Å². The van der Waals surface area contributed by atoms with Crippen LogP contribution in [0.4, 0.5) is 0 Å². The molecule has 0 aromatic carbocycles. The van der Waals surface area contributed by atoms with E-state index in [9.17, 15) is 9.90 Å². The molecule has 0 saturated carbocycles. The number of carbonyl (C=O) groups is 1. The lowest BCUT2D eigenvalue weighted by Crippen LogP contribution is -2.42. The zero-order valence-electron chi connectivity index (χ0n) is 15.5. The topological polar surface area (TPSA) is 71.2 Å². The van der Waals surface area contributed by atoms with E-state index in [0.717, 1.165) is 23.1 Å². The molecule has 0 spiro atoms. The van der Waals surface area contributed by atoms with Gasteiger partial charge in [0.1, 0.15) is 0 Å². The van der Waals surface area contributed by atoms with Crippen molar-refractivity contribution in [2.24, 2.45) is 0 Å². The molecule has 0 fully saturated rings. The highest BCUT2D eigenvalue weighted by Gasteiger charge is 2.25. The van der Waals surface area contributed by atoms with Gasteiger partial charge in [-0.05, 0) is 47.1 Å². The van der Waals surface area contributed by atoms with Crippen LogP contribution in [-0.2, 0) is 0 Å². The summed E-state index contributed by atoms with van der Waals surface area (Å²) in [7, 11) is 0. The van der Waals surface area contributed by atoms with Gasteiger partial charge in [-0.1, -0.05) is 6.92 Å². The monoisotopic (exact) mass is 332 g/mol. The zero-order chi connectivity index (χ0) is 18.1. The van der Waals surface area contributed by atoms with Gasteiger partial charge in [0.2, 0.25) is 0 Å². The minimum atomic E-state index is -0.937. The molecule has 0 bridgehead atoms. The summed E-state index contributed by atoms with van der Waals surface area (Å²) in [5.74, 6) is -0.0983. The fraction of sp³-hybridized carbons (Fsp3) is 0.611. The summed E-state index contributed by atoms with van der Waals surface area (Å²) in [6.45, 7) is 12.2. The van der Waals surface area contributed by atoms with Crippen LogP contribution in [0, 0.1) is 6.92 Å². The highest BCUT2D eigenvalue weighted by molar-refractivity contribution is 6.05. The molecule has 2 aromatic rings. The number of pyridine rings is 1. The van der Waals surface area contributed by atoms with Crippen LogP contribution < -0.4 is 0 Å². The number of rotatable bonds is 6. The van der Waals surface area contributed by atoms with Crippen molar-refractivity contribution in [1.29, 1.82) is 0 Å². The maximum Gasteiger partial charge on any atom is 0.254 e. The molecule has 0 radical (unpaired) electrons. The molecule has 0 aliphatic carbocycles. The average molecular weight is 332 g/mol. The highest BCUT2D eigenvalue weighted by atomic mass is 16.3. The minimum Gasteiger partial charge on any atom is -0.389 e. The fourth-order valence-electron chi connectivity index (χ4n) is 2.78. The number of likely N-dealkylation sites (N-methyl/N-ethyl adjacent to an activating group) is 1. The molecule has 6 nitrogen and oxygen atoms in total. The molecule has 1 atom stereocenters. The number of nitrogens with zero attached hydrogens (tertiary/aromatic N) is 4. The second-order valence-corrected chi connectivity index (χ2v) is 7.03. The fourth-order valence-corrected chi connectivity index (χ4v) is 2.78. The van der Waals surface area contributed by atoms with Crippen molar-refractivity contribution in [2.75, 3.05) is 13.1 Å². The largest absolute Gasteiger partial charge is 0.389 e. The summed E-state index contributed by atoms with van der Waals surface area (Å²) in [5, 5.41) is 15.3. The first-order valence-corrected chi connectivity index (χ1v) is 8.54. The predicted molar refractivity (Wildman–Crippen MR) is 95.1 cm³/mol. The molecule has 2 heterocycles. The van der Waals surface area contributed by atoms with Crippen molar-refractivity contribution in [3.63, 3.8) is 0 Å². The number of hydrogen-bond acceptors (Lipinski definition) is 4. The number of hydrogen-bond donors (Lipinski definition) is 1. The molecular weight excluding hydrogens is 304 g/mol. The van der Waals surface area contributed by atoms with E-state index >= 15 is 0 Å². The summed E-state index contributed by atoms with van der Waals surface area (Å²) in [5.41, 5.74) is 1.19. The number of aliphatic hydroxyl groups is 1. The van der Waals surface area contributed by atoms with Crippen molar-refractivity contribution in [1.82, 2.24) is 19.7 Å². The van der Waals surface area contributed by atoms with E-state index in [4.69, 9.17) is 0 Å². The van der Waals surface area contributed by atoms with Crippen molar-refractivity contribution >= 4 is 16.9 Å². The van der Waals surface area contributed by atoms with Crippen LogP contribution in [0.25, 0.3) is 11.0 Å². The van der Waals surface area contributed by atoms with Gasteiger partial charge < -0.3 is 10.0 Å². The molecule has 0 aliphatic heterocycles. The van der Waals surface area contributed by atoms with Gasteiger partial charge >= 0.3 is 0 Å². The quantitative estimate of drug-likeness (QED) is 0.883. The highest BCUT2D eigenvalue weighted by Crippen LogP contribution is 2.24. The van der Waals surface area contributed by atoms with E-state index in [2.05, 4.69) is 23.9 Å². The molecule has 6 heteroatoms. The van der Waals surface area contributed by atoms with Crippen LogP contribution in [0.5, 0.6) is 0 Å². The third kappa shape index (κ3) is 3.75. The Labute approximate surface area is 143 Å². The van der Waals surface area contributed by atoms with E-state index < -0.39 is 5.60 Å². The maximum atomic E-state index is 13.0. The van der Waals surface area contributed by atoms with Crippen LogP contribution >= 0.6 is 0 Å². The molecule has 0 aliphatic rings. The zero-order valence-corrected chi connectivity index (χ0v) is 15.5. The lowest BCUT2D eigenvalue weighted by atomic mass is 10.1. The first-order chi connectivity index (χ1) is 11.2. The van der Waals surface area contributed by atoms with E-state index in [1.165, 1.54) is 0 Å². The molecule has 24 heavy (non-hydrogen) atoms. The van der Waals surface area contributed by atoms with E-state index in [-0.39, 0.29) is 18.5 Å². The van der Waals surface area contributed by atoms with Crippen LogP contribution in [0.3, 0.4) is 0 Å². The van der Waals surface area contributed by atoms with Gasteiger partial charge in [-0.3, -0.25) is 4.79 Å². The Morgan fingerprint density at radius 3 is 2.62 bits per heavy atom. The third-order valence-corrected chi connectivity index (χ3v) is 4.18. The maximum absolute atomic E-state index is 13.0. The summed E-state index contributed by atoms with van der Waals surface area (Å²) in [6, 6.07) is 2.03. The second kappa shape index (κ2) is 6.89. The lowest BCUT2D eigenvalue weighted by Gasteiger charge is -2.28. The van der Waals surface area contributed by atoms with Crippen molar-refractivity contribution < 1.29 is 9.90 Å². The van der Waals surface area contributed by atoms with Gasteiger partial charge in [-0.2, -0.15) is 5.10 Å². The number of aromatic nitrogens is 3. The molecule has 1 N–H and O–H groups in total. The normalized spacial score (nSPS) is 13.3. The standard InChI is InChI=1S/C18H28N4O2/c1-7-13(4)22-16-15(10-19-22)14(9-12(3)20-16)17(23)21(8-2)11-18(5,6)24/h9-10,13,24H,7-8,11H2,1-6H3. The third-order valence-electron chi connectivity index (χ3n) is 4.18. The Kier molecular flexibility index (Phi) is 5.28. The predicted octanol–water partition coefficient (Wildman–Crippen LogP) is 2.94. The number of fused-ring (bicyclic) bond motifs is 1. The Bertz CT molecular complexity index is 730. The summed E-state index contributed by atoms with van der Waals surface area (Å²) in [6.07, 6.45) is 2.66.